The molecule has 7 heteroatoms. The third kappa shape index (κ3) is 5.73. The van der Waals surface area contributed by atoms with E-state index in [1.54, 1.807) is 12.1 Å². The van der Waals surface area contributed by atoms with Crippen LogP contribution in [0.5, 0.6) is 0 Å². The Morgan fingerprint density at radius 1 is 1.23 bits per heavy atom. The van der Waals surface area contributed by atoms with E-state index in [-0.39, 0.29) is 16.9 Å². The first-order chi connectivity index (χ1) is 10.6. The number of carbonyl (C=O) groups excluding carboxylic acids is 2. The van der Waals surface area contributed by atoms with E-state index in [0.717, 1.165) is 6.42 Å². The number of carbonyl (C=O) groups is 2. The molecule has 2 rings (SSSR count). The molecule has 0 bridgehead atoms. The lowest BCUT2D eigenvalue weighted by atomic mass is 9.86. The zero-order chi connectivity index (χ0) is 15.8. The lowest BCUT2D eigenvalue weighted by molar-refractivity contribution is -0.120. The van der Waals surface area contributed by atoms with Gasteiger partial charge in [0, 0.05) is 6.42 Å². The molecular formula is C15H21N3O2S2. The second-order valence-electron chi connectivity index (χ2n) is 5.48. The molecule has 120 valence electrons. The Morgan fingerprint density at radius 3 is 2.68 bits per heavy atom. The van der Waals surface area contributed by atoms with Crippen LogP contribution in [0.25, 0.3) is 0 Å². The first-order valence-corrected chi connectivity index (χ1v) is 8.87. The molecule has 1 aliphatic rings. The number of hydrogen-bond acceptors (Lipinski definition) is 4. The molecule has 0 spiro atoms. The molecule has 0 aromatic carbocycles. The molecule has 5 nitrogen and oxygen atoms in total. The maximum Gasteiger partial charge on any atom is 0.279 e. The topological polar surface area (TPSA) is 70.2 Å². The van der Waals surface area contributed by atoms with Crippen LogP contribution >= 0.6 is 23.6 Å². The van der Waals surface area contributed by atoms with Gasteiger partial charge in [-0.05, 0) is 36.0 Å². The van der Waals surface area contributed by atoms with E-state index in [4.69, 9.17) is 12.2 Å². The van der Waals surface area contributed by atoms with Crippen molar-refractivity contribution in [3.05, 3.63) is 22.4 Å². The van der Waals surface area contributed by atoms with Gasteiger partial charge in [-0.1, -0.05) is 38.2 Å². The van der Waals surface area contributed by atoms with E-state index < -0.39 is 0 Å². The molecule has 0 radical (unpaired) electrons. The Morgan fingerprint density at radius 2 is 2.00 bits per heavy atom. The molecule has 0 saturated heterocycles. The van der Waals surface area contributed by atoms with Gasteiger partial charge in [-0.15, -0.1) is 11.3 Å². The molecule has 1 aliphatic carbocycles. The van der Waals surface area contributed by atoms with Crippen molar-refractivity contribution in [2.24, 2.45) is 5.92 Å². The van der Waals surface area contributed by atoms with E-state index in [1.165, 1.54) is 43.4 Å². The van der Waals surface area contributed by atoms with Crippen LogP contribution in [0.2, 0.25) is 0 Å². The summed E-state index contributed by atoms with van der Waals surface area (Å²) in [6.45, 7) is 0. The van der Waals surface area contributed by atoms with Crippen molar-refractivity contribution in [2.45, 2.75) is 44.9 Å². The molecular weight excluding hydrogens is 318 g/mol. The first kappa shape index (κ1) is 16.9. The zero-order valence-corrected chi connectivity index (χ0v) is 14.0. The van der Waals surface area contributed by atoms with Gasteiger partial charge in [0.2, 0.25) is 5.91 Å². The molecule has 1 heterocycles. The maximum absolute atomic E-state index is 11.8. The summed E-state index contributed by atoms with van der Waals surface area (Å²) in [7, 11) is 0. The highest BCUT2D eigenvalue weighted by Gasteiger charge is 2.15. The summed E-state index contributed by atoms with van der Waals surface area (Å²) < 4.78 is 0. The smallest absolute Gasteiger partial charge is 0.279 e. The molecule has 0 unspecified atom stereocenters. The van der Waals surface area contributed by atoms with Crippen molar-refractivity contribution in [1.82, 2.24) is 16.2 Å². The number of amides is 2. The van der Waals surface area contributed by atoms with Gasteiger partial charge in [-0.2, -0.15) is 0 Å². The molecule has 0 atom stereocenters. The van der Waals surface area contributed by atoms with Crippen LogP contribution in [0.4, 0.5) is 0 Å². The van der Waals surface area contributed by atoms with Gasteiger partial charge in [-0.3, -0.25) is 20.4 Å². The maximum atomic E-state index is 11.8. The minimum absolute atomic E-state index is 0.103. The second-order valence-corrected chi connectivity index (χ2v) is 6.83. The minimum Gasteiger partial charge on any atom is -0.302 e. The van der Waals surface area contributed by atoms with Crippen molar-refractivity contribution >= 4 is 40.5 Å². The van der Waals surface area contributed by atoms with Crippen LogP contribution in [0.1, 0.15) is 54.6 Å². The number of rotatable bonds is 4. The predicted molar refractivity (Wildman–Crippen MR) is 91.5 cm³/mol. The number of thiophene rings is 1. The highest BCUT2D eigenvalue weighted by Crippen LogP contribution is 2.27. The number of hydrazine groups is 1. The molecule has 1 saturated carbocycles. The van der Waals surface area contributed by atoms with Crippen molar-refractivity contribution in [3.63, 3.8) is 0 Å². The Balaban J connectivity index is 1.61. The van der Waals surface area contributed by atoms with Gasteiger partial charge in [0.1, 0.15) is 0 Å². The Labute approximate surface area is 139 Å². The van der Waals surface area contributed by atoms with E-state index in [1.807, 2.05) is 5.38 Å². The van der Waals surface area contributed by atoms with Crippen molar-refractivity contribution in [1.29, 1.82) is 0 Å². The SMILES string of the molecule is O=C(CCC1CCCCC1)NC(=S)NNC(=O)c1cccs1. The summed E-state index contributed by atoms with van der Waals surface area (Å²) in [5.41, 5.74) is 5.01. The average molecular weight is 339 g/mol. The molecule has 2 amide bonds. The molecule has 1 aromatic heterocycles. The first-order valence-electron chi connectivity index (χ1n) is 7.59. The van der Waals surface area contributed by atoms with Gasteiger partial charge >= 0.3 is 0 Å². The van der Waals surface area contributed by atoms with E-state index in [2.05, 4.69) is 16.2 Å². The fraction of sp³-hybridized carbons (Fsp3) is 0.533. The van der Waals surface area contributed by atoms with Crippen LogP contribution in [-0.2, 0) is 4.79 Å². The van der Waals surface area contributed by atoms with Crippen LogP contribution in [0.15, 0.2) is 17.5 Å². The molecule has 3 N–H and O–H groups in total. The third-order valence-corrected chi connectivity index (χ3v) is 4.86. The highest BCUT2D eigenvalue weighted by atomic mass is 32.1. The Bertz CT molecular complexity index is 511. The highest BCUT2D eigenvalue weighted by molar-refractivity contribution is 7.80. The summed E-state index contributed by atoms with van der Waals surface area (Å²) >= 11 is 6.33. The van der Waals surface area contributed by atoms with E-state index in [0.29, 0.717) is 17.2 Å². The van der Waals surface area contributed by atoms with Crippen LogP contribution < -0.4 is 16.2 Å². The summed E-state index contributed by atoms with van der Waals surface area (Å²) in [6.07, 6.45) is 7.73. The van der Waals surface area contributed by atoms with Crippen molar-refractivity contribution < 1.29 is 9.59 Å². The van der Waals surface area contributed by atoms with E-state index in [9.17, 15) is 9.59 Å². The van der Waals surface area contributed by atoms with Crippen molar-refractivity contribution in [3.8, 4) is 0 Å². The number of thiocarbonyl (C=S) groups is 1. The lowest BCUT2D eigenvalue weighted by Gasteiger charge is -2.21. The average Bonchev–Trinajstić information content (AvgIpc) is 3.06. The predicted octanol–water partition coefficient (Wildman–Crippen LogP) is 2.74. The summed E-state index contributed by atoms with van der Waals surface area (Å²) in [5.74, 6) is 0.293. The monoisotopic (exact) mass is 339 g/mol. The summed E-state index contributed by atoms with van der Waals surface area (Å²) in [4.78, 5) is 24.1. The summed E-state index contributed by atoms with van der Waals surface area (Å²) in [5, 5.41) is 4.53. The zero-order valence-electron chi connectivity index (χ0n) is 12.4. The van der Waals surface area contributed by atoms with Crippen LogP contribution in [-0.4, -0.2) is 16.9 Å². The fourth-order valence-electron chi connectivity index (χ4n) is 2.61. The quantitative estimate of drug-likeness (QED) is 0.583. The number of nitrogens with one attached hydrogen (secondary N) is 3. The van der Waals surface area contributed by atoms with Gasteiger partial charge in [-0.25, -0.2) is 0 Å². The van der Waals surface area contributed by atoms with Gasteiger partial charge in [0.25, 0.3) is 5.91 Å². The lowest BCUT2D eigenvalue weighted by Crippen LogP contribution is -2.48. The van der Waals surface area contributed by atoms with Crippen LogP contribution in [0.3, 0.4) is 0 Å². The molecule has 1 fully saturated rings. The third-order valence-electron chi connectivity index (χ3n) is 3.79. The van der Waals surface area contributed by atoms with Crippen LogP contribution in [0, 0.1) is 5.92 Å². The standard InChI is InChI=1S/C15H21N3O2S2/c19-13(9-8-11-5-2-1-3-6-11)16-15(21)18-17-14(20)12-7-4-10-22-12/h4,7,10-11H,1-3,5-6,8-9H2,(H,17,20)(H2,16,18,19,21). The summed E-state index contributed by atoms with van der Waals surface area (Å²) in [6, 6.07) is 3.51. The Hall–Kier alpha value is -1.47. The largest absolute Gasteiger partial charge is 0.302 e. The number of hydrogen-bond donors (Lipinski definition) is 3. The fourth-order valence-corrected chi connectivity index (χ4v) is 3.40. The molecule has 0 aliphatic heterocycles. The Kier molecular flexibility index (Phi) is 6.79. The van der Waals surface area contributed by atoms with E-state index >= 15 is 0 Å². The van der Waals surface area contributed by atoms with Crippen molar-refractivity contribution in [2.75, 3.05) is 0 Å². The minimum atomic E-state index is -0.270. The van der Waals surface area contributed by atoms with Gasteiger partial charge < -0.3 is 5.32 Å². The van der Waals surface area contributed by atoms with Gasteiger partial charge in [0.05, 0.1) is 4.88 Å². The normalized spacial score (nSPS) is 15.1. The van der Waals surface area contributed by atoms with Gasteiger partial charge in [0.15, 0.2) is 5.11 Å². The molecule has 1 aromatic rings. The second kappa shape index (κ2) is 8.85. The molecule has 22 heavy (non-hydrogen) atoms.